The molecule has 1 saturated carbocycles. The van der Waals surface area contributed by atoms with Crippen LogP contribution < -0.4 is 5.73 Å². The molecule has 0 saturated heterocycles. The molecule has 1 fully saturated rings. The van der Waals surface area contributed by atoms with Gasteiger partial charge < -0.3 is 10.8 Å². The Bertz CT molecular complexity index is 371. The maximum absolute atomic E-state index is 9.46. The van der Waals surface area contributed by atoms with Crippen molar-refractivity contribution in [1.82, 2.24) is 0 Å². The summed E-state index contributed by atoms with van der Waals surface area (Å²) in [6.45, 7) is 5.08. The smallest absolute Gasteiger partial charge is 0.0508 e. The second kappa shape index (κ2) is 3.32. The van der Waals surface area contributed by atoms with Gasteiger partial charge in [0.15, 0.2) is 0 Å². The van der Waals surface area contributed by atoms with Gasteiger partial charge in [-0.3, -0.25) is 0 Å². The molecule has 0 bridgehead atoms. The minimum absolute atomic E-state index is 0.0713. The number of rotatable bonds is 3. The molecule has 2 rings (SSSR count). The molecule has 1 aliphatic rings. The normalized spacial score (nSPS) is 34.1. The van der Waals surface area contributed by atoms with Crippen molar-refractivity contribution in [3.8, 4) is 0 Å². The molecule has 0 heterocycles. The van der Waals surface area contributed by atoms with E-state index in [0.29, 0.717) is 6.54 Å². The van der Waals surface area contributed by atoms with Crippen molar-refractivity contribution in [3.63, 3.8) is 0 Å². The summed E-state index contributed by atoms with van der Waals surface area (Å²) in [6, 6.07) is 8.39. The number of aryl methyl sites for hydroxylation is 1. The van der Waals surface area contributed by atoms with Crippen LogP contribution in [0.25, 0.3) is 0 Å². The fraction of sp³-hybridized carbons (Fsp3) is 0.538. The van der Waals surface area contributed by atoms with Crippen LogP contribution in [0.15, 0.2) is 24.3 Å². The summed E-state index contributed by atoms with van der Waals surface area (Å²) in [5, 5.41) is 9.46. The van der Waals surface area contributed by atoms with Crippen LogP contribution in [0.4, 0.5) is 0 Å². The first-order valence-electron chi connectivity index (χ1n) is 5.47. The van der Waals surface area contributed by atoms with Crippen LogP contribution in [0, 0.1) is 12.3 Å². The van der Waals surface area contributed by atoms with Crippen LogP contribution >= 0.6 is 0 Å². The van der Waals surface area contributed by atoms with E-state index >= 15 is 0 Å². The van der Waals surface area contributed by atoms with E-state index in [2.05, 4.69) is 32.0 Å². The maximum Gasteiger partial charge on any atom is 0.0508 e. The van der Waals surface area contributed by atoms with Crippen molar-refractivity contribution < 1.29 is 5.11 Å². The minimum atomic E-state index is -0.0842. The maximum atomic E-state index is 9.46. The molecular formula is C13H19NO. The van der Waals surface area contributed by atoms with Crippen molar-refractivity contribution in [2.45, 2.75) is 25.7 Å². The van der Waals surface area contributed by atoms with Gasteiger partial charge in [-0.1, -0.05) is 31.2 Å². The van der Waals surface area contributed by atoms with E-state index in [1.807, 2.05) is 6.07 Å². The van der Waals surface area contributed by atoms with E-state index in [0.717, 1.165) is 6.42 Å². The molecule has 0 aliphatic heterocycles. The van der Waals surface area contributed by atoms with Crippen molar-refractivity contribution in [3.05, 3.63) is 35.4 Å². The van der Waals surface area contributed by atoms with E-state index in [1.54, 1.807) is 0 Å². The Hall–Kier alpha value is -0.860. The van der Waals surface area contributed by atoms with Gasteiger partial charge in [0.25, 0.3) is 0 Å². The van der Waals surface area contributed by atoms with Crippen LogP contribution in [0.1, 0.15) is 24.5 Å². The van der Waals surface area contributed by atoms with E-state index in [1.165, 1.54) is 11.1 Å². The van der Waals surface area contributed by atoms with Crippen molar-refractivity contribution in [1.29, 1.82) is 0 Å². The van der Waals surface area contributed by atoms with E-state index in [-0.39, 0.29) is 17.4 Å². The molecule has 2 atom stereocenters. The first kappa shape index (κ1) is 10.7. The second-order valence-electron chi connectivity index (χ2n) is 4.97. The van der Waals surface area contributed by atoms with Gasteiger partial charge in [-0.15, -0.1) is 0 Å². The first-order valence-corrected chi connectivity index (χ1v) is 5.47. The lowest BCUT2D eigenvalue weighted by Crippen LogP contribution is -2.28. The monoisotopic (exact) mass is 205 g/mol. The van der Waals surface area contributed by atoms with Gasteiger partial charge in [0.05, 0.1) is 6.61 Å². The number of hydrogen-bond donors (Lipinski definition) is 2. The highest BCUT2D eigenvalue weighted by molar-refractivity contribution is 5.42. The van der Waals surface area contributed by atoms with Crippen molar-refractivity contribution in [2.24, 2.45) is 11.1 Å². The fourth-order valence-electron chi connectivity index (χ4n) is 2.80. The molecule has 1 aromatic carbocycles. The van der Waals surface area contributed by atoms with Gasteiger partial charge in [0, 0.05) is 17.4 Å². The molecule has 0 aromatic heterocycles. The van der Waals surface area contributed by atoms with Crippen molar-refractivity contribution >= 4 is 0 Å². The lowest BCUT2D eigenvalue weighted by molar-refractivity contribution is 0.198. The third kappa shape index (κ3) is 1.32. The molecule has 82 valence electrons. The molecule has 1 aliphatic carbocycles. The van der Waals surface area contributed by atoms with Crippen LogP contribution in [0.2, 0.25) is 0 Å². The zero-order valence-electron chi connectivity index (χ0n) is 9.46. The molecular weight excluding hydrogens is 186 g/mol. The lowest BCUT2D eigenvalue weighted by Gasteiger charge is -2.21. The molecule has 2 nitrogen and oxygen atoms in total. The number of nitrogens with two attached hydrogens (primary N) is 1. The second-order valence-corrected chi connectivity index (χ2v) is 4.97. The Morgan fingerprint density at radius 2 is 2.07 bits per heavy atom. The first-order chi connectivity index (χ1) is 7.09. The summed E-state index contributed by atoms with van der Waals surface area (Å²) in [4.78, 5) is 0. The van der Waals surface area contributed by atoms with Gasteiger partial charge in [-0.05, 0) is 24.5 Å². The Labute approximate surface area is 91.1 Å². The number of hydrogen-bond acceptors (Lipinski definition) is 2. The molecule has 0 amide bonds. The standard InChI is InChI=1S/C13H19NO/c1-10-5-3-4-6-11(10)12(2)7-13(12,8-14)9-15/h3-6,15H,7-9,14H2,1-2H3. The zero-order chi connectivity index (χ0) is 11.1. The van der Waals surface area contributed by atoms with Gasteiger partial charge in [-0.2, -0.15) is 0 Å². The lowest BCUT2D eigenvalue weighted by atomic mass is 9.85. The highest BCUT2D eigenvalue weighted by Gasteiger charge is 2.64. The van der Waals surface area contributed by atoms with E-state index < -0.39 is 0 Å². The third-order valence-corrected chi connectivity index (χ3v) is 4.17. The molecule has 3 N–H and O–H groups in total. The summed E-state index contributed by atoms with van der Waals surface area (Å²) >= 11 is 0. The third-order valence-electron chi connectivity index (χ3n) is 4.17. The molecule has 2 unspecified atom stereocenters. The SMILES string of the molecule is Cc1ccccc1C1(C)CC1(CN)CO. The van der Waals surface area contributed by atoms with E-state index in [9.17, 15) is 5.11 Å². The van der Waals surface area contributed by atoms with Gasteiger partial charge in [0.2, 0.25) is 0 Å². The van der Waals surface area contributed by atoms with E-state index in [4.69, 9.17) is 5.73 Å². The number of aliphatic hydroxyl groups is 1. The molecule has 15 heavy (non-hydrogen) atoms. The highest BCUT2D eigenvalue weighted by Crippen LogP contribution is 2.64. The van der Waals surface area contributed by atoms with Crippen LogP contribution in [-0.4, -0.2) is 18.3 Å². The molecule has 1 aromatic rings. The minimum Gasteiger partial charge on any atom is -0.396 e. The quantitative estimate of drug-likeness (QED) is 0.787. The van der Waals surface area contributed by atoms with Crippen LogP contribution in [-0.2, 0) is 5.41 Å². The zero-order valence-corrected chi connectivity index (χ0v) is 9.46. The highest BCUT2D eigenvalue weighted by atomic mass is 16.3. The Balaban J connectivity index is 2.38. The summed E-state index contributed by atoms with van der Waals surface area (Å²) in [7, 11) is 0. The van der Waals surface area contributed by atoms with Gasteiger partial charge >= 0.3 is 0 Å². The number of benzene rings is 1. The summed E-state index contributed by atoms with van der Waals surface area (Å²) in [5.74, 6) is 0. The summed E-state index contributed by atoms with van der Waals surface area (Å²) in [6.07, 6.45) is 0.998. The average molecular weight is 205 g/mol. The van der Waals surface area contributed by atoms with Gasteiger partial charge in [-0.25, -0.2) is 0 Å². The van der Waals surface area contributed by atoms with Crippen LogP contribution in [0.3, 0.4) is 0 Å². The van der Waals surface area contributed by atoms with Crippen molar-refractivity contribution in [2.75, 3.05) is 13.2 Å². The Kier molecular flexibility index (Phi) is 2.36. The van der Waals surface area contributed by atoms with Gasteiger partial charge in [0.1, 0.15) is 0 Å². The molecule has 2 heteroatoms. The summed E-state index contributed by atoms with van der Waals surface area (Å²) < 4.78 is 0. The Morgan fingerprint density at radius 1 is 1.40 bits per heavy atom. The largest absolute Gasteiger partial charge is 0.396 e. The topological polar surface area (TPSA) is 46.2 Å². The molecule has 0 radical (unpaired) electrons. The predicted octanol–water partition coefficient (Wildman–Crippen LogP) is 1.59. The Morgan fingerprint density at radius 3 is 2.53 bits per heavy atom. The van der Waals surface area contributed by atoms with Crippen LogP contribution in [0.5, 0.6) is 0 Å². The number of aliphatic hydroxyl groups excluding tert-OH is 1. The average Bonchev–Trinajstić information content (AvgIpc) is 2.87. The predicted molar refractivity (Wildman–Crippen MR) is 61.7 cm³/mol. The summed E-state index contributed by atoms with van der Waals surface area (Å²) in [5.41, 5.74) is 8.40. The fourth-order valence-corrected chi connectivity index (χ4v) is 2.80. The molecule has 0 spiro atoms.